The molecule has 0 unspecified atom stereocenters. The molecule has 0 heterocycles. The SMILES string of the molecule is CC(C)(C=S=O)C(=O)O. The van der Waals surface area contributed by atoms with E-state index in [1.54, 1.807) is 0 Å². The summed E-state index contributed by atoms with van der Waals surface area (Å²) in [5.41, 5.74) is -1.01. The fraction of sp³-hybridized carbons (Fsp3) is 0.600. The first-order valence-electron chi connectivity index (χ1n) is 2.37. The zero-order valence-electron chi connectivity index (χ0n) is 5.25. The molecule has 0 aliphatic rings. The van der Waals surface area contributed by atoms with E-state index in [9.17, 15) is 9.00 Å². The molecule has 0 aliphatic heterocycles. The number of carboxylic acids is 1. The van der Waals surface area contributed by atoms with Gasteiger partial charge in [-0.3, -0.25) is 4.79 Å². The molecule has 9 heavy (non-hydrogen) atoms. The highest BCUT2D eigenvalue weighted by Crippen LogP contribution is 2.09. The first kappa shape index (κ1) is 8.36. The van der Waals surface area contributed by atoms with Crippen LogP contribution in [0.5, 0.6) is 0 Å². The topological polar surface area (TPSA) is 54.4 Å². The van der Waals surface area contributed by atoms with Crippen molar-refractivity contribution in [1.29, 1.82) is 0 Å². The summed E-state index contributed by atoms with van der Waals surface area (Å²) in [4.78, 5) is 10.2. The molecule has 0 amide bonds. The van der Waals surface area contributed by atoms with Gasteiger partial charge in [0, 0.05) is 5.37 Å². The lowest BCUT2D eigenvalue weighted by Gasteiger charge is -2.09. The van der Waals surface area contributed by atoms with Gasteiger partial charge in [0.15, 0.2) is 0 Å². The molecule has 0 atom stereocenters. The Morgan fingerprint density at radius 2 is 2.11 bits per heavy atom. The number of rotatable bonds is 2. The third-order valence-corrected chi connectivity index (χ3v) is 1.58. The normalized spacial score (nSPS) is 10.4. The van der Waals surface area contributed by atoms with Crippen molar-refractivity contribution in [3.63, 3.8) is 0 Å². The Morgan fingerprint density at radius 3 is 2.22 bits per heavy atom. The van der Waals surface area contributed by atoms with E-state index in [-0.39, 0.29) is 11.3 Å². The Balaban J connectivity index is 4.37. The van der Waals surface area contributed by atoms with Gasteiger partial charge in [0.2, 0.25) is 0 Å². The second kappa shape index (κ2) is 2.77. The molecule has 4 heteroatoms. The highest BCUT2D eigenvalue weighted by atomic mass is 32.1. The van der Waals surface area contributed by atoms with Gasteiger partial charge in [-0.05, 0) is 13.8 Å². The van der Waals surface area contributed by atoms with Crippen molar-refractivity contribution in [2.24, 2.45) is 5.41 Å². The van der Waals surface area contributed by atoms with Crippen LogP contribution in [-0.4, -0.2) is 20.7 Å². The standard InChI is InChI=1S/C5H8O3S/c1-5(2,3-9-8)4(6)7/h3H,1-2H3,(H,6,7). The van der Waals surface area contributed by atoms with Gasteiger partial charge in [0.1, 0.15) is 0 Å². The van der Waals surface area contributed by atoms with Gasteiger partial charge >= 0.3 is 5.97 Å². The first-order valence-corrected chi connectivity index (χ1v) is 3.17. The maximum atomic E-state index is 10.2. The molecule has 0 aromatic rings. The molecule has 0 saturated carbocycles. The molecule has 0 fully saturated rings. The van der Waals surface area contributed by atoms with Crippen LogP contribution in [0.25, 0.3) is 0 Å². The molecule has 52 valence electrons. The van der Waals surface area contributed by atoms with Gasteiger partial charge < -0.3 is 5.11 Å². The number of carboxylic acid groups (broad SMARTS) is 1. The predicted molar refractivity (Wildman–Crippen MR) is 35.6 cm³/mol. The predicted octanol–water partition coefficient (Wildman–Crippen LogP) is 0.112. The minimum atomic E-state index is -1.01. The van der Waals surface area contributed by atoms with Crippen LogP contribution in [-0.2, 0) is 16.1 Å². The molecular formula is C5H8O3S. The van der Waals surface area contributed by atoms with Crippen LogP contribution in [0.2, 0.25) is 0 Å². The van der Waals surface area contributed by atoms with Crippen LogP contribution in [0.1, 0.15) is 13.8 Å². The summed E-state index contributed by atoms with van der Waals surface area (Å²) in [5, 5.41) is 9.54. The summed E-state index contributed by atoms with van der Waals surface area (Å²) in [6, 6.07) is 0. The fourth-order valence-electron chi connectivity index (χ4n) is 0.171. The second-order valence-electron chi connectivity index (χ2n) is 2.24. The van der Waals surface area contributed by atoms with Crippen molar-refractivity contribution >= 4 is 22.6 Å². The van der Waals surface area contributed by atoms with Gasteiger partial charge in [-0.1, -0.05) is 0 Å². The molecule has 0 saturated heterocycles. The van der Waals surface area contributed by atoms with Crippen LogP contribution in [0.15, 0.2) is 0 Å². The van der Waals surface area contributed by atoms with Crippen molar-refractivity contribution in [3.8, 4) is 0 Å². The van der Waals surface area contributed by atoms with E-state index in [4.69, 9.17) is 5.11 Å². The number of carbonyl (C=O) groups is 1. The molecule has 0 aromatic carbocycles. The molecular weight excluding hydrogens is 140 g/mol. The monoisotopic (exact) mass is 148 g/mol. The smallest absolute Gasteiger partial charge is 0.313 e. The van der Waals surface area contributed by atoms with E-state index in [0.717, 1.165) is 5.37 Å². The largest absolute Gasteiger partial charge is 0.481 e. The second-order valence-corrected chi connectivity index (χ2v) is 2.67. The zero-order chi connectivity index (χ0) is 7.49. The Kier molecular flexibility index (Phi) is 2.58. The van der Waals surface area contributed by atoms with E-state index in [0.29, 0.717) is 0 Å². The van der Waals surface area contributed by atoms with Gasteiger partial charge in [-0.2, -0.15) is 0 Å². The Bertz CT molecular complexity index is 163. The van der Waals surface area contributed by atoms with E-state index < -0.39 is 11.4 Å². The maximum Gasteiger partial charge on any atom is 0.313 e. The highest BCUT2D eigenvalue weighted by molar-refractivity contribution is 7.65. The summed E-state index contributed by atoms with van der Waals surface area (Å²) in [7, 11) is 0. The van der Waals surface area contributed by atoms with Crippen LogP contribution >= 0.6 is 0 Å². The zero-order valence-corrected chi connectivity index (χ0v) is 6.07. The van der Waals surface area contributed by atoms with Gasteiger partial charge in [-0.15, -0.1) is 0 Å². The summed E-state index contributed by atoms with van der Waals surface area (Å²) < 4.78 is 9.85. The average molecular weight is 148 g/mol. The van der Waals surface area contributed by atoms with E-state index in [2.05, 4.69) is 0 Å². The molecule has 0 radical (unpaired) electrons. The molecule has 1 N–H and O–H groups in total. The average Bonchev–Trinajstić information content (AvgIpc) is 1.65. The third-order valence-electron chi connectivity index (χ3n) is 0.894. The maximum absolute atomic E-state index is 10.2. The number of hydrogen-bond donors (Lipinski definition) is 1. The van der Waals surface area contributed by atoms with Crippen LogP contribution in [0.4, 0.5) is 0 Å². The minimum absolute atomic E-state index is 0.181. The number of hydrogen-bond acceptors (Lipinski definition) is 2. The van der Waals surface area contributed by atoms with Gasteiger partial charge in [0.05, 0.1) is 16.7 Å². The Morgan fingerprint density at radius 1 is 1.67 bits per heavy atom. The number of aliphatic carboxylic acids is 1. The van der Waals surface area contributed by atoms with E-state index >= 15 is 0 Å². The van der Waals surface area contributed by atoms with Crippen LogP contribution in [0, 0.1) is 5.41 Å². The van der Waals surface area contributed by atoms with Crippen LogP contribution < -0.4 is 0 Å². The van der Waals surface area contributed by atoms with Crippen molar-refractivity contribution in [2.75, 3.05) is 0 Å². The molecule has 3 nitrogen and oxygen atoms in total. The minimum Gasteiger partial charge on any atom is -0.481 e. The van der Waals surface area contributed by atoms with Crippen molar-refractivity contribution in [3.05, 3.63) is 0 Å². The third kappa shape index (κ3) is 2.41. The van der Waals surface area contributed by atoms with Crippen molar-refractivity contribution in [2.45, 2.75) is 13.8 Å². The van der Waals surface area contributed by atoms with Gasteiger partial charge in [-0.25, -0.2) is 4.21 Å². The summed E-state index contributed by atoms with van der Waals surface area (Å²) in [6.07, 6.45) is 0. The molecule has 0 aromatic heterocycles. The Hall–Kier alpha value is -0.640. The molecule has 0 bridgehead atoms. The molecule has 0 rings (SSSR count). The quantitative estimate of drug-likeness (QED) is 0.565. The first-order chi connectivity index (χ1) is 4.00. The fourth-order valence-corrected chi connectivity index (χ4v) is 0.512. The highest BCUT2D eigenvalue weighted by Gasteiger charge is 2.23. The molecule has 0 spiro atoms. The van der Waals surface area contributed by atoms with E-state index in [1.165, 1.54) is 13.8 Å². The van der Waals surface area contributed by atoms with Crippen molar-refractivity contribution < 1.29 is 14.1 Å². The van der Waals surface area contributed by atoms with E-state index in [1.807, 2.05) is 0 Å². The van der Waals surface area contributed by atoms with Crippen molar-refractivity contribution in [1.82, 2.24) is 0 Å². The Labute approximate surface area is 56.8 Å². The van der Waals surface area contributed by atoms with Crippen LogP contribution in [0.3, 0.4) is 0 Å². The lowest BCUT2D eigenvalue weighted by Crippen LogP contribution is -2.24. The molecule has 0 aliphatic carbocycles. The lowest BCUT2D eigenvalue weighted by atomic mass is 9.98. The summed E-state index contributed by atoms with van der Waals surface area (Å²) in [5.74, 6) is -0.981. The summed E-state index contributed by atoms with van der Waals surface area (Å²) >= 11 is 0.181. The van der Waals surface area contributed by atoms with Gasteiger partial charge in [0.25, 0.3) is 0 Å². The lowest BCUT2D eigenvalue weighted by molar-refractivity contribution is -0.142. The summed E-state index contributed by atoms with van der Waals surface area (Å²) in [6.45, 7) is 2.94.